The standard InChI is InChI=1S/C21H19ClN2O6/c1-29-15-3-4-17(30-2)11(7-15)9-18(25)23-10-13-6-14(22)5-12-8-16(21(27)28)20(26)24-19(12)13/h3-8H,9-10H2,1-2H3,(H,23,25)(H,24,26)(H,27,28). The number of aromatic carboxylic acids is 1. The molecule has 2 aromatic carbocycles. The summed E-state index contributed by atoms with van der Waals surface area (Å²) in [6.45, 7) is 0.0878. The molecule has 0 saturated carbocycles. The average molecular weight is 431 g/mol. The number of pyridine rings is 1. The minimum absolute atomic E-state index is 0.0541. The van der Waals surface area contributed by atoms with Crippen molar-refractivity contribution in [3.05, 3.63) is 68.5 Å². The van der Waals surface area contributed by atoms with E-state index in [-0.39, 0.29) is 24.4 Å². The van der Waals surface area contributed by atoms with Crippen LogP contribution in [0, 0.1) is 0 Å². The lowest BCUT2D eigenvalue weighted by Gasteiger charge is -2.12. The van der Waals surface area contributed by atoms with Crippen molar-refractivity contribution in [3.8, 4) is 11.5 Å². The highest BCUT2D eigenvalue weighted by Crippen LogP contribution is 2.25. The van der Waals surface area contributed by atoms with Crippen LogP contribution < -0.4 is 20.3 Å². The van der Waals surface area contributed by atoms with Gasteiger partial charge < -0.3 is 24.9 Å². The lowest BCUT2D eigenvalue weighted by Crippen LogP contribution is -2.25. The Kier molecular flexibility index (Phi) is 6.27. The first-order chi connectivity index (χ1) is 14.3. The van der Waals surface area contributed by atoms with Crippen molar-refractivity contribution >= 4 is 34.4 Å². The summed E-state index contributed by atoms with van der Waals surface area (Å²) < 4.78 is 10.5. The molecule has 3 N–H and O–H groups in total. The topological polar surface area (TPSA) is 118 Å². The molecule has 1 heterocycles. The maximum Gasteiger partial charge on any atom is 0.341 e. The van der Waals surface area contributed by atoms with Crippen LogP contribution in [0.1, 0.15) is 21.5 Å². The fraction of sp³-hybridized carbons (Fsp3) is 0.190. The van der Waals surface area contributed by atoms with E-state index >= 15 is 0 Å². The molecule has 1 amide bonds. The normalized spacial score (nSPS) is 10.6. The Balaban J connectivity index is 1.83. The molecule has 3 aromatic rings. The van der Waals surface area contributed by atoms with Crippen molar-refractivity contribution in [2.24, 2.45) is 0 Å². The largest absolute Gasteiger partial charge is 0.497 e. The molecule has 0 bridgehead atoms. The monoisotopic (exact) mass is 430 g/mol. The van der Waals surface area contributed by atoms with E-state index in [1.165, 1.54) is 20.3 Å². The molecular weight excluding hydrogens is 412 g/mol. The van der Waals surface area contributed by atoms with E-state index in [1.807, 2.05) is 0 Å². The van der Waals surface area contributed by atoms with Gasteiger partial charge in [0.2, 0.25) is 5.91 Å². The molecule has 0 aliphatic carbocycles. The summed E-state index contributed by atoms with van der Waals surface area (Å²) in [6.07, 6.45) is 0.0541. The van der Waals surface area contributed by atoms with Gasteiger partial charge in [-0.15, -0.1) is 0 Å². The number of carboxylic acids is 1. The quantitative estimate of drug-likeness (QED) is 0.530. The van der Waals surface area contributed by atoms with Crippen LogP contribution in [-0.2, 0) is 17.8 Å². The second kappa shape index (κ2) is 8.87. The van der Waals surface area contributed by atoms with Gasteiger partial charge in [-0.1, -0.05) is 11.6 Å². The number of nitrogens with one attached hydrogen (secondary N) is 2. The number of methoxy groups -OCH3 is 2. The third-order valence-electron chi connectivity index (χ3n) is 4.54. The van der Waals surface area contributed by atoms with E-state index in [4.69, 9.17) is 26.2 Å². The van der Waals surface area contributed by atoms with Gasteiger partial charge in [0.25, 0.3) is 5.56 Å². The Morgan fingerprint density at radius 3 is 2.53 bits per heavy atom. The molecule has 1 aromatic heterocycles. The smallest absolute Gasteiger partial charge is 0.341 e. The number of ether oxygens (including phenoxy) is 2. The zero-order valence-corrected chi connectivity index (χ0v) is 17.0. The van der Waals surface area contributed by atoms with Crippen LogP contribution in [0.2, 0.25) is 5.02 Å². The van der Waals surface area contributed by atoms with Gasteiger partial charge in [-0.05, 0) is 42.0 Å². The van der Waals surface area contributed by atoms with Crippen LogP contribution in [-0.4, -0.2) is 36.2 Å². The average Bonchev–Trinajstić information content (AvgIpc) is 2.71. The Morgan fingerprint density at radius 1 is 1.10 bits per heavy atom. The van der Waals surface area contributed by atoms with E-state index in [2.05, 4.69) is 10.3 Å². The number of amides is 1. The maximum atomic E-state index is 12.5. The molecule has 0 atom stereocenters. The zero-order valence-electron chi connectivity index (χ0n) is 16.2. The Morgan fingerprint density at radius 2 is 1.87 bits per heavy atom. The second-order valence-electron chi connectivity index (χ2n) is 6.48. The van der Waals surface area contributed by atoms with E-state index in [0.717, 1.165) is 0 Å². The van der Waals surface area contributed by atoms with Gasteiger partial charge in [0.05, 0.1) is 26.2 Å². The SMILES string of the molecule is COc1ccc(OC)c(CC(=O)NCc2cc(Cl)cc3cc(C(=O)O)c(=O)[nH]c23)c1. The molecule has 0 aliphatic rings. The van der Waals surface area contributed by atoms with Crippen LogP contribution in [0.5, 0.6) is 11.5 Å². The fourth-order valence-electron chi connectivity index (χ4n) is 3.10. The number of rotatable bonds is 7. The molecule has 30 heavy (non-hydrogen) atoms. The molecule has 8 nitrogen and oxygen atoms in total. The predicted molar refractivity (Wildman–Crippen MR) is 112 cm³/mol. The number of halogens is 1. The molecule has 0 aliphatic heterocycles. The number of aromatic amines is 1. The summed E-state index contributed by atoms with van der Waals surface area (Å²) in [5, 5.41) is 12.7. The van der Waals surface area contributed by atoms with Crippen LogP contribution in [0.15, 0.2) is 41.2 Å². The molecule has 156 valence electrons. The van der Waals surface area contributed by atoms with Crippen LogP contribution in [0.3, 0.4) is 0 Å². The van der Waals surface area contributed by atoms with Crippen molar-refractivity contribution in [2.75, 3.05) is 14.2 Å². The molecular formula is C21H19ClN2O6. The van der Waals surface area contributed by atoms with Gasteiger partial charge in [0, 0.05) is 22.5 Å². The fourth-order valence-corrected chi connectivity index (χ4v) is 3.35. The van der Waals surface area contributed by atoms with Crippen molar-refractivity contribution in [2.45, 2.75) is 13.0 Å². The number of H-pyrrole nitrogens is 1. The summed E-state index contributed by atoms with van der Waals surface area (Å²) in [6, 6.07) is 9.59. The van der Waals surface area contributed by atoms with Gasteiger partial charge >= 0.3 is 5.97 Å². The summed E-state index contributed by atoms with van der Waals surface area (Å²) >= 11 is 6.13. The zero-order chi connectivity index (χ0) is 21.8. The Hall–Kier alpha value is -3.52. The van der Waals surface area contributed by atoms with Gasteiger partial charge in [0.1, 0.15) is 17.1 Å². The number of carboxylic acid groups (broad SMARTS) is 1. The van der Waals surface area contributed by atoms with Crippen molar-refractivity contribution in [1.29, 1.82) is 0 Å². The molecule has 9 heteroatoms. The molecule has 0 unspecified atom stereocenters. The molecule has 0 spiro atoms. The summed E-state index contributed by atoms with van der Waals surface area (Å²) in [7, 11) is 3.05. The van der Waals surface area contributed by atoms with E-state index in [1.54, 1.807) is 30.3 Å². The van der Waals surface area contributed by atoms with Gasteiger partial charge in [-0.2, -0.15) is 0 Å². The van der Waals surface area contributed by atoms with E-state index in [0.29, 0.717) is 38.6 Å². The van der Waals surface area contributed by atoms with Crippen LogP contribution in [0.25, 0.3) is 10.9 Å². The van der Waals surface area contributed by atoms with Crippen LogP contribution in [0.4, 0.5) is 0 Å². The first kappa shape index (κ1) is 21.2. The molecule has 0 saturated heterocycles. The third-order valence-corrected chi connectivity index (χ3v) is 4.76. The van der Waals surface area contributed by atoms with Gasteiger partial charge in [0.15, 0.2) is 0 Å². The summed E-state index contributed by atoms with van der Waals surface area (Å²) in [5.74, 6) is -0.449. The first-order valence-electron chi connectivity index (χ1n) is 8.88. The number of carbonyl (C=O) groups is 2. The summed E-state index contributed by atoms with van der Waals surface area (Å²) in [5.41, 5.74) is 0.506. The van der Waals surface area contributed by atoms with Crippen molar-refractivity contribution in [1.82, 2.24) is 10.3 Å². The highest BCUT2D eigenvalue weighted by molar-refractivity contribution is 6.31. The number of aromatic nitrogens is 1. The summed E-state index contributed by atoms with van der Waals surface area (Å²) in [4.78, 5) is 38.3. The van der Waals surface area contributed by atoms with Gasteiger partial charge in [-0.25, -0.2) is 4.79 Å². The Bertz CT molecular complexity index is 1190. The van der Waals surface area contributed by atoms with Crippen molar-refractivity contribution in [3.63, 3.8) is 0 Å². The third kappa shape index (κ3) is 4.55. The van der Waals surface area contributed by atoms with Crippen molar-refractivity contribution < 1.29 is 24.2 Å². The first-order valence-corrected chi connectivity index (χ1v) is 9.26. The minimum Gasteiger partial charge on any atom is -0.497 e. The van der Waals surface area contributed by atoms with Crippen LogP contribution >= 0.6 is 11.6 Å². The van der Waals surface area contributed by atoms with E-state index < -0.39 is 11.5 Å². The number of hydrogen-bond acceptors (Lipinski definition) is 5. The Labute approximate surface area is 176 Å². The highest BCUT2D eigenvalue weighted by atomic mass is 35.5. The minimum atomic E-state index is -1.33. The number of benzene rings is 2. The van der Waals surface area contributed by atoms with E-state index in [9.17, 15) is 14.4 Å². The van der Waals surface area contributed by atoms with Gasteiger partial charge in [-0.3, -0.25) is 9.59 Å². The highest BCUT2D eigenvalue weighted by Gasteiger charge is 2.14. The number of hydrogen-bond donors (Lipinski definition) is 3. The molecule has 3 rings (SSSR count). The lowest BCUT2D eigenvalue weighted by molar-refractivity contribution is -0.120. The number of carbonyl (C=O) groups excluding carboxylic acids is 1. The lowest BCUT2D eigenvalue weighted by atomic mass is 10.1. The maximum absolute atomic E-state index is 12.5. The molecule has 0 fully saturated rings. The predicted octanol–water partition coefficient (Wildman–Crippen LogP) is 2.76. The molecule has 0 radical (unpaired) electrons. The number of fused-ring (bicyclic) bond motifs is 1. The second-order valence-corrected chi connectivity index (χ2v) is 6.91.